The van der Waals surface area contributed by atoms with Gasteiger partial charge in [0.25, 0.3) is 0 Å². The van der Waals surface area contributed by atoms with Gasteiger partial charge in [0, 0.05) is 10.9 Å². The maximum absolute atomic E-state index is 5.55. The van der Waals surface area contributed by atoms with Crippen LogP contribution in [0, 0.1) is 6.92 Å². The first-order valence-electron chi connectivity index (χ1n) is 3.73. The number of hydrogen-bond donors (Lipinski definition) is 0. The van der Waals surface area contributed by atoms with Crippen molar-refractivity contribution >= 4 is 22.9 Å². The molecule has 0 atom stereocenters. The second-order valence-corrected chi connectivity index (χ2v) is 3.62. The van der Waals surface area contributed by atoms with Crippen molar-refractivity contribution < 1.29 is 4.52 Å². The van der Waals surface area contributed by atoms with Crippen LogP contribution < -0.4 is 0 Å². The lowest BCUT2D eigenvalue weighted by molar-refractivity contribution is 0.391. The van der Waals surface area contributed by atoms with E-state index in [9.17, 15) is 0 Å². The number of rotatable bonds is 2. The van der Waals surface area contributed by atoms with Crippen LogP contribution >= 0.6 is 22.9 Å². The van der Waals surface area contributed by atoms with E-state index in [1.807, 2.05) is 17.7 Å². The molecule has 0 N–H and O–H groups in total. The molecule has 0 amide bonds. The predicted octanol–water partition coefficient (Wildman–Crippen LogP) is 2.85. The molecule has 0 aliphatic carbocycles. The zero-order valence-corrected chi connectivity index (χ0v) is 8.52. The van der Waals surface area contributed by atoms with Crippen LogP contribution in [0.1, 0.15) is 11.5 Å². The van der Waals surface area contributed by atoms with Crippen LogP contribution in [0.4, 0.5) is 0 Å². The number of aryl methyl sites for hydroxylation is 1. The topological polar surface area (TPSA) is 38.9 Å². The van der Waals surface area contributed by atoms with E-state index in [4.69, 9.17) is 16.1 Å². The summed E-state index contributed by atoms with van der Waals surface area (Å²) in [6, 6.07) is 0. The molecule has 0 aliphatic rings. The molecular formula is C8H7ClN2OS. The minimum Gasteiger partial charge on any atom is -0.338 e. The Morgan fingerprint density at radius 1 is 1.54 bits per heavy atom. The van der Waals surface area contributed by atoms with E-state index >= 15 is 0 Å². The Morgan fingerprint density at radius 3 is 2.92 bits per heavy atom. The number of alkyl halides is 1. The summed E-state index contributed by atoms with van der Waals surface area (Å²) in [7, 11) is 0. The fourth-order valence-electron chi connectivity index (χ4n) is 1.01. The first-order chi connectivity index (χ1) is 6.31. The van der Waals surface area contributed by atoms with Crippen molar-refractivity contribution in [1.29, 1.82) is 0 Å². The van der Waals surface area contributed by atoms with Crippen LogP contribution in [0.25, 0.3) is 11.4 Å². The summed E-state index contributed by atoms with van der Waals surface area (Å²) >= 11 is 7.17. The molecule has 2 aromatic rings. The Hall–Kier alpha value is -0.870. The molecule has 0 radical (unpaired) electrons. The fourth-order valence-corrected chi connectivity index (χ4v) is 1.94. The molecular weight excluding hydrogens is 208 g/mol. The molecule has 5 heteroatoms. The summed E-state index contributed by atoms with van der Waals surface area (Å²) in [5, 5.41) is 7.87. The van der Waals surface area contributed by atoms with Crippen LogP contribution in [0.3, 0.4) is 0 Å². The second kappa shape index (κ2) is 3.47. The molecule has 2 rings (SSSR count). The lowest BCUT2D eigenvalue weighted by atomic mass is 10.2. The van der Waals surface area contributed by atoms with E-state index in [2.05, 4.69) is 10.1 Å². The van der Waals surface area contributed by atoms with Crippen LogP contribution in [-0.2, 0) is 5.88 Å². The number of thiophene rings is 1. The van der Waals surface area contributed by atoms with Gasteiger partial charge in [0.05, 0.1) is 0 Å². The van der Waals surface area contributed by atoms with Crippen molar-refractivity contribution in [3.8, 4) is 11.4 Å². The van der Waals surface area contributed by atoms with Crippen LogP contribution in [0.15, 0.2) is 15.3 Å². The average Bonchev–Trinajstić information content (AvgIpc) is 2.71. The predicted molar refractivity (Wildman–Crippen MR) is 51.9 cm³/mol. The monoisotopic (exact) mass is 214 g/mol. The molecule has 0 fully saturated rings. The third-order valence-electron chi connectivity index (χ3n) is 1.68. The zero-order valence-electron chi connectivity index (χ0n) is 6.95. The molecule has 0 spiro atoms. The molecule has 0 bridgehead atoms. The second-order valence-electron chi connectivity index (χ2n) is 2.61. The standard InChI is InChI=1S/C8H7ClN2OS/c1-5-3-13-4-6(5)8-10-7(2-9)12-11-8/h3-4H,2H2,1H3. The Morgan fingerprint density at radius 2 is 2.38 bits per heavy atom. The van der Waals surface area contributed by atoms with E-state index in [-0.39, 0.29) is 5.88 Å². The molecule has 2 aromatic heterocycles. The van der Waals surface area contributed by atoms with Gasteiger partial charge in [-0.25, -0.2) is 0 Å². The molecule has 2 heterocycles. The zero-order chi connectivity index (χ0) is 9.26. The Bertz CT molecular complexity index is 410. The van der Waals surface area contributed by atoms with Crippen molar-refractivity contribution in [1.82, 2.24) is 10.1 Å². The van der Waals surface area contributed by atoms with Crippen LogP contribution in [0.2, 0.25) is 0 Å². The highest BCUT2D eigenvalue weighted by Gasteiger charge is 2.10. The van der Waals surface area contributed by atoms with Crippen molar-refractivity contribution in [2.24, 2.45) is 0 Å². The molecule has 0 unspecified atom stereocenters. The fraction of sp³-hybridized carbons (Fsp3) is 0.250. The summed E-state index contributed by atoms with van der Waals surface area (Å²) < 4.78 is 4.90. The van der Waals surface area contributed by atoms with E-state index in [0.29, 0.717) is 11.7 Å². The van der Waals surface area contributed by atoms with Crippen LogP contribution in [0.5, 0.6) is 0 Å². The van der Waals surface area contributed by atoms with Gasteiger partial charge < -0.3 is 4.52 Å². The van der Waals surface area contributed by atoms with Crippen molar-refractivity contribution in [3.63, 3.8) is 0 Å². The highest BCUT2D eigenvalue weighted by Crippen LogP contribution is 2.24. The molecule has 0 aliphatic heterocycles. The van der Waals surface area contributed by atoms with Gasteiger partial charge in [0.1, 0.15) is 5.88 Å². The highest BCUT2D eigenvalue weighted by molar-refractivity contribution is 7.08. The average molecular weight is 215 g/mol. The molecule has 3 nitrogen and oxygen atoms in total. The minimum absolute atomic E-state index is 0.260. The quantitative estimate of drug-likeness (QED) is 0.722. The van der Waals surface area contributed by atoms with Crippen molar-refractivity contribution in [3.05, 3.63) is 22.2 Å². The van der Waals surface area contributed by atoms with Gasteiger partial charge in [0.2, 0.25) is 11.7 Å². The first kappa shape index (κ1) is 8.72. The third kappa shape index (κ3) is 1.59. The summed E-state index contributed by atoms with van der Waals surface area (Å²) in [5.41, 5.74) is 2.18. The van der Waals surface area contributed by atoms with Gasteiger partial charge >= 0.3 is 0 Å². The van der Waals surface area contributed by atoms with Gasteiger partial charge in [-0.3, -0.25) is 0 Å². The number of halogens is 1. The normalized spacial score (nSPS) is 10.6. The summed E-state index contributed by atoms with van der Waals surface area (Å²) in [6.07, 6.45) is 0. The van der Waals surface area contributed by atoms with Crippen LogP contribution in [-0.4, -0.2) is 10.1 Å². The Kier molecular flexibility index (Phi) is 2.33. The maximum Gasteiger partial charge on any atom is 0.241 e. The SMILES string of the molecule is Cc1cscc1-c1noc(CCl)n1. The minimum atomic E-state index is 0.260. The first-order valence-corrected chi connectivity index (χ1v) is 5.20. The summed E-state index contributed by atoms with van der Waals surface area (Å²) in [4.78, 5) is 4.13. The molecule has 0 saturated carbocycles. The maximum atomic E-state index is 5.55. The summed E-state index contributed by atoms with van der Waals surface area (Å²) in [6.45, 7) is 2.02. The van der Waals surface area contributed by atoms with E-state index in [1.54, 1.807) is 11.3 Å². The van der Waals surface area contributed by atoms with Gasteiger partial charge in [-0.1, -0.05) is 5.16 Å². The lowest BCUT2D eigenvalue weighted by Gasteiger charge is -1.88. The van der Waals surface area contributed by atoms with E-state index in [1.165, 1.54) is 0 Å². The van der Waals surface area contributed by atoms with Gasteiger partial charge in [-0.05, 0) is 17.9 Å². The molecule has 13 heavy (non-hydrogen) atoms. The van der Waals surface area contributed by atoms with Gasteiger partial charge in [-0.2, -0.15) is 16.3 Å². The van der Waals surface area contributed by atoms with Gasteiger partial charge in [-0.15, -0.1) is 11.6 Å². The molecule has 68 valence electrons. The largest absolute Gasteiger partial charge is 0.338 e. The smallest absolute Gasteiger partial charge is 0.241 e. The number of aromatic nitrogens is 2. The summed E-state index contributed by atoms with van der Waals surface area (Å²) in [5.74, 6) is 1.34. The third-order valence-corrected chi connectivity index (χ3v) is 2.77. The lowest BCUT2D eigenvalue weighted by Crippen LogP contribution is -1.80. The Labute approximate surface area is 84.3 Å². The van der Waals surface area contributed by atoms with E-state index in [0.717, 1.165) is 11.1 Å². The number of nitrogens with zero attached hydrogens (tertiary/aromatic N) is 2. The number of hydrogen-bond acceptors (Lipinski definition) is 4. The highest BCUT2D eigenvalue weighted by atomic mass is 35.5. The Balaban J connectivity index is 2.41. The van der Waals surface area contributed by atoms with Crippen molar-refractivity contribution in [2.45, 2.75) is 12.8 Å². The van der Waals surface area contributed by atoms with Crippen molar-refractivity contribution in [2.75, 3.05) is 0 Å². The van der Waals surface area contributed by atoms with Gasteiger partial charge in [0.15, 0.2) is 0 Å². The molecule has 0 aromatic carbocycles. The molecule has 0 saturated heterocycles. The van der Waals surface area contributed by atoms with E-state index < -0.39 is 0 Å².